The Kier molecular flexibility index (Phi) is 6.53. The average molecular weight is 428 g/mol. The largest absolute Gasteiger partial charge is 0.465 e. The van der Waals surface area contributed by atoms with Gasteiger partial charge < -0.3 is 15.4 Å². The molecule has 2 amide bonds. The van der Waals surface area contributed by atoms with E-state index in [9.17, 15) is 19.2 Å². The Morgan fingerprint density at radius 2 is 1.69 bits per heavy atom. The van der Waals surface area contributed by atoms with Gasteiger partial charge in [-0.3, -0.25) is 14.4 Å². The number of esters is 1. The molecule has 9 heteroatoms. The third-order valence-electron chi connectivity index (χ3n) is 3.86. The van der Waals surface area contributed by atoms with Crippen molar-refractivity contribution < 1.29 is 23.9 Å². The number of ketones is 1. The maximum absolute atomic E-state index is 12.3. The maximum atomic E-state index is 12.3. The standard InChI is InChI=1S/C20H16N2O5S2/c1-27-20(26)12-2-4-14(5-3-12)22-19(25)18(24)21-10-15-6-7-16(29-15)17(23)13-8-9-28-11-13/h2-9,11H,10H2,1H3,(H,21,24)(H,22,25). The molecule has 1 aromatic carbocycles. The van der Waals surface area contributed by atoms with Crippen LogP contribution in [0.3, 0.4) is 0 Å². The lowest BCUT2D eigenvalue weighted by Gasteiger charge is -2.06. The summed E-state index contributed by atoms with van der Waals surface area (Å²) in [5.74, 6) is -2.20. The SMILES string of the molecule is COC(=O)c1ccc(NC(=O)C(=O)NCc2ccc(C(=O)c3ccsc3)s2)cc1. The van der Waals surface area contributed by atoms with Crippen molar-refractivity contribution in [1.29, 1.82) is 0 Å². The van der Waals surface area contributed by atoms with Crippen LogP contribution in [0.4, 0.5) is 5.69 Å². The van der Waals surface area contributed by atoms with Crippen LogP contribution in [0.1, 0.15) is 30.5 Å². The number of hydrogen-bond acceptors (Lipinski definition) is 7. The first-order valence-corrected chi connectivity index (χ1v) is 10.2. The number of methoxy groups -OCH3 is 1. The summed E-state index contributed by atoms with van der Waals surface area (Å²) in [7, 11) is 1.27. The zero-order valence-electron chi connectivity index (χ0n) is 15.3. The molecule has 0 spiro atoms. The summed E-state index contributed by atoms with van der Waals surface area (Å²) in [5, 5.41) is 8.59. The Morgan fingerprint density at radius 1 is 0.931 bits per heavy atom. The van der Waals surface area contributed by atoms with Gasteiger partial charge in [-0.2, -0.15) is 11.3 Å². The Balaban J connectivity index is 1.52. The van der Waals surface area contributed by atoms with E-state index in [1.165, 1.54) is 54.0 Å². The molecule has 0 saturated carbocycles. The highest BCUT2D eigenvalue weighted by Crippen LogP contribution is 2.21. The molecule has 0 unspecified atom stereocenters. The molecule has 2 N–H and O–H groups in total. The Bertz CT molecular complexity index is 1040. The predicted molar refractivity (Wildman–Crippen MR) is 110 cm³/mol. The number of rotatable bonds is 6. The van der Waals surface area contributed by atoms with Crippen LogP contribution >= 0.6 is 22.7 Å². The van der Waals surface area contributed by atoms with Crippen molar-refractivity contribution in [3.63, 3.8) is 0 Å². The van der Waals surface area contributed by atoms with E-state index in [0.29, 0.717) is 21.7 Å². The van der Waals surface area contributed by atoms with Gasteiger partial charge in [0.15, 0.2) is 0 Å². The second-order valence-electron chi connectivity index (χ2n) is 5.81. The number of ether oxygens (including phenoxy) is 1. The Hall–Kier alpha value is -3.30. The van der Waals surface area contributed by atoms with Gasteiger partial charge in [-0.15, -0.1) is 11.3 Å². The molecule has 0 atom stereocenters. The van der Waals surface area contributed by atoms with Crippen LogP contribution in [-0.4, -0.2) is 30.7 Å². The lowest BCUT2D eigenvalue weighted by atomic mass is 10.2. The van der Waals surface area contributed by atoms with Crippen LogP contribution in [0, 0.1) is 0 Å². The van der Waals surface area contributed by atoms with Gasteiger partial charge in [0.05, 0.1) is 24.1 Å². The smallest absolute Gasteiger partial charge is 0.337 e. The topological polar surface area (TPSA) is 102 Å². The molecule has 0 aliphatic heterocycles. The molecule has 0 radical (unpaired) electrons. The summed E-state index contributed by atoms with van der Waals surface area (Å²) in [6.07, 6.45) is 0. The van der Waals surface area contributed by atoms with Gasteiger partial charge in [0, 0.05) is 21.5 Å². The minimum atomic E-state index is -0.832. The van der Waals surface area contributed by atoms with Crippen molar-refractivity contribution in [2.24, 2.45) is 0 Å². The second kappa shape index (κ2) is 9.26. The second-order valence-corrected chi connectivity index (χ2v) is 7.76. The van der Waals surface area contributed by atoms with E-state index in [2.05, 4.69) is 15.4 Å². The quantitative estimate of drug-likeness (QED) is 0.357. The molecule has 2 aromatic heterocycles. The van der Waals surface area contributed by atoms with Crippen LogP contribution in [0.2, 0.25) is 0 Å². The molecule has 3 aromatic rings. The maximum Gasteiger partial charge on any atom is 0.337 e. The van der Waals surface area contributed by atoms with Crippen LogP contribution in [0.15, 0.2) is 53.2 Å². The fourth-order valence-corrected chi connectivity index (χ4v) is 3.92. The van der Waals surface area contributed by atoms with Crippen molar-refractivity contribution in [2.75, 3.05) is 12.4 Å². The van der Waals surface area contributed by atoms with Gasteiger partial charge in [0.25, 0.3) is 0 Å². The summed E-state index contributed by atoms with van der Waals surface area (Å²) in [5.41, 5.74) is 1.34. The van der Waals surface area contributed by atoms with Crippen molar-refractivity contribution in [3.8, 4) is 0 Å². The number of carbonyl (C=O) groups excluding carboxylic acids is 4. The minimum absolute atomic E-state index is 0.0676. The van der Waals surface area contributed by atoms with Crippen LogP contribution in [-0.2, 0) is 20.9 Å². The number of amides is 2. The molecule has 0 saturated heterocycles. The van der Waals surface area contributed by atoms with Crippen molar-refractivity contribution in [2.45, 2.75) is 6.54 Å². The highest BCUT2D eigenvalue weighted by Gasteiger charge is 2.16. The summed E-state index contributed by atoms with van der Waals surface area (Å²) < 4.78 is 4.60. The number of carbonyl (C=O) groups is 4. The van der Waals surface area contributed by atoms with Crippen molar-refractivity contribution in [3.05, 3.63) is 74.1 Å². The van der Waals surface area contributed by atoms with Gasteiger partial charge in [0.2, 0.25) is 5.78 Å². The summed E-state index contributed by atoms with van der Waals surface area (Å²) >= 11 is 2.72. The van der Waals surface area contributed by atoms with E-state index in [4.69, 9.17) is 0 Å². The molecular formula is C20H16N2O5S2. The van der Waals surface area contributed by atoms with Gasteiger partial charge in [-0.05, 0) is 47.8 Å². The first-order valence-electron chi connectivity index (χ1n) is 8.41. The van der Waals surface area contributed by atoms with Gasteiger partial charge in [-0.25, -0.2) is 4.79 Å². The summed E-state index contributed by atoms with van der Waals surface area (Å²) in [6.45, 7) is 0.134. The number of thiophene rings is 2. The van der Waals surface area contributed by atoms with E-state index < -0.39 is 17.8 Å². The normalized spacial score (nSPS) is 10.2. The zero-order chi connectivity index (χ0) is 20.8. The minimum Gasteiger partial charge on any atom is -0.465 e. The molecule has 29 heavy (non-hydrogen) atoms. The molecule has 3 rings (SSSR count). The predicted octanol–water partition coefficient (Wildman–Crippen LogP) is 3.08. The number of hydrogen-bond donors (Lipinski definition) is 2. The van der Waals surface area contributed by atoms with Crippen molar-refractivity contribution in [1.82, 2.24) is 5.32 Å². The fourth-order valence-electron chi connectivity index (χ4n) is 2.37. The summed E-state index contributed by atoms with van der Waals surface area (Å²) in [4.78, 5) is 49.0. The lowest BCUT2D eigenvalue weighted by Crippen LogP contribution is -2.34. The monoisotopic (exact) mass is 428 g/mol. The molecule has 0 aliphatic rings. The number of nitrogens with one attached hydrogen (secondary N) is 2. The first kappa shape index (κ1) is 20.4. The molecule has 0 bridgehead atoms. The van der Waals surface area contributed by atoms with Crippen LogP contribution < -0.4 is 10.6 Å². The van der Waals surface area contributed by atoms with E-state index in [-0.39, 0.29) is 12.3 Å². The molecule has 2 heterocycles. The summed E-state index contributed by atoms with van der Waals surface area (Å²) in [6, 6.07) is 11.2. The fraction of sp³-hybridized carbons (Fsp3) is 0.100. The molecule has 0 aliphatic carbocycles. The lowest BCUT2D eigenvalue weighted by molar-refractivity contribution is -0.136. The third kappa shape index (κ3) is 5.15. The Labute approximate surface area is 174 Å². The highest BCUT2D eigenvalue weighted by atomic mass is 32.1. The first-order chi connectivity index (χ1) is 14.0. The van der Waals surface area contributed by atoms with E-state index in [1.54, 1.807) is 23.6 Å². The number of anilines is 1. The van der Waals surface area contributed by atoms with Crippen molar-refractivity contribution >= 4 is 51.9 Å². The van der Waals surface area contributed by atoms with Gasteiger partial charge in [-0.1, -0.05) is 0 Å². The average Bonchev–Trinajstić information content (AvgIpc) is 3.43. The van der Waals surface area contributed by atoms with Gasteiger partial charge in [0.1, 0.15) is 0 Å². The van der Waals surface area contributed by atoms with E-state index >= 15 is 0 Å². The third-order valence-corrected chi connectivity index (χ3v) is 5.63. The highest BCUT2D eigenvalue weighted by molar-refractivity contribution is 7.14. The van der Waals surface area contributed by atoms with Crippen LogP contribution in [0.25, 0.3) is 0 Å². The van der Waals surface area contributed by atoms with E-state index in [0.717, 1.165) is 4.88 Å². The van der Waals surface area contributed by atoms with Gasteiger partial charge >= 0.3 is 17.8 Å². The van der Waals surface area contributed by atoms with E-state index in [1.807, 2.05) is 5.38 Å². The molecule has 148 valence electrons. The molecular weight excluding hydrogens is 412 g/mol. The molecule has 0 fully saturated rings. The number of benzene rings is 1. The zero-order valence-corrected chi connectivity index (χ0v) is 16.9. The van der Waals surface area contributed by atoms with Crippen LogP contribution in [0.5, 0.6) is 0 Å². The molecule has 7 nitrogen and oxygen atoms in total. The Morgan fingerprint density at radius 3 is 2.34 bits per heavy atom.